The highest BCUT2D eigenvalue weighted by Crippen LogP contribution is 2.14. The van der Waals surface area contributed by atoms with Crippen LogP contribution in [0.25, 0.3) is 0 Å². The Bertz CT molecular complexity index is 253. The summed E-state index contributed by atoms with van der Waals surface area (Å²) in [7, 11) is 3.99. The van der Waals surface area contributed by atoms with Gasteiger partial charge in [-0.3, -0.25) is 4.98 Å². The van der Waals surface area contributed by atoms with Crippen molar-refractivity contribution in [3.63, 3.8) is 0 Å². The first-order chi connectivity index (χ1) is 6.15. The molecule has 0 spiro atoms. The highest BCUT2D eigenvalue weighted by atomic mass is 15.1. The highest BCUT2D eigenvalue weighted by Gasteiger charge is 2.04. The molecule has 1 heterocycles. The van der Waals surface area contributed by atoms with E-state index in [4.69, 9.17) is 5.73 Å². The summed E-state index contributed by atoms with van der Waals surface area (Å²) in [5, 5.41) is 0. The van der Waals surface area contributed by atoms with Crippen LogP contribution >= 0.6 is 0 Å². The number of hydrogen-bond donors (Lipinski definition) is 1. The molecule has 0 aliphatic carbocycles. The van der Waals surface area contributed by atoms with Gasteiger partial charge in [-0.15, -0.1) is 0 Å². The van der Waals surface area contributed by atoms with Crippen LogP contribution in [0.15, 0.2) is 18.3 Å². The van der Waals surface area contributed by atoms with E-state index in [1.165, 1.54) is 0 Å². The molecule has 1 rings (SSSR count). The fourth-order valence-corrected chi connectivity index (χ4v) is 1.09. The molecule has 0 saturated carbocycles. The first-order valence-corrected chi connectivity index (χ1v) is 4.54. The number of aromatic nitrogens is 1. The van der Waals surface area contributed by atoms with Crippen molar-refractivity contribution in [2.45, 2.75) is 19.4 Å². The van der Waals surface area contributed by atoms with Gasteiger partial charge in [0, 0.05) is 20.1 Å². The molecule has 0 aliphatic heterocycles. The maximum absolute atomic E-state index is 5.84. The molecule has 13 heavy (non-hydrogen) atoms. The van der Waals surface area contributed by atoms with Crippen molar-refractivity contribution in [1.29, 1.82) is 0 Å². The van der Waals surface area contributed by atoms with Gasteiger partial charge in [0.25, 0.3) is 0 Å². The van der Waals surface area contributed by atoms with Gasteiger partial charge in [-0.2, -0.15) is 0 Å². The van der Waals surface area contributed by atoms with Gasteiger partial charge >= 0.3 is 0 Å². The number of hydrogen-bond acceptors (Lipinski definition) is 3. The summed E-state index contributed by atoms with van der Waals surface area (Å²) in [6, 6.07) is 4.10. The van der Waals surface area contributed by atoms with Crippen LogP contribution in [-0.4, -0.2) is 19.1 Å². The zero-order valence-electron chi connectivity index (χ0n) is 8.49. The summed E-state index contributed by atoms with van der Waals surface area (Å²) in [5.41, 5.74) is 7.91. The van der Waals surface area contributed by atoms with Crippen LogP contribution < -0.4 is 10.6 Å². The number of nitrogens with two attached hydrogens (primary N) is 1. The van der Waals surface area contributed by atoms with Gasteiger partial charge < -0.3 is 10.6 Å². The maximum Gasteiger partial charge on any atom is 0.0572 e. The fourth-order valence-electron chi connectivity index (χ4n) is 1.09. The second-order valence-electron chi connectivity index (χ2n) is 3.35. The molecule has 3 heteroatoms. The van der Waals surface area contributed by atoms with Crippen molar-refractivity contribution in [3.05, 3.63) is 24.0 Å². The molecule has 0 amide bonds. The second-order valence-corrected chi connectivity index (χ2v) is 3.35. The number of anilines is 1. The molecular formula is C10H17N3. The molecule has 1 atom stereocenters. The van der Waals surface area contributed by atoms with Gasteiger partial charge in [0.1, 0.15) is 0 Å². The van der Waals surface area contributed by atoms with Gasteiger partial charge in [0.05, 0.1) is 17.6 Å². The van der Waals surface area contributed by atoms with E-state index >= 15 is 0 Å². The Balaban J connectivity index is 2.81. The van der Waals surface area contributed by atoms with E-state index in [-0.39, 0.29) is 6.04 Å². The molecule has 0 bridgehead atoms. The molecule has 72 valence electrons. The average Bonchev–Trinajstić information content (AvgIpc) is 2.17. The largest absolute Gasteiger partial charge is 0.376 e. The van der Waals surface area contributed by atoms with Crippen LogP contribution in [0.3, 0.4) is 0 Å². The minimum Gasteiger partial charge on any atom is -0.376 e. The third kappa shape index (κ3) is 2.42. The fraction of sp³-hybridized carbons (Fsp3) is 0.500. The average molecular weight is 179 g/mol. The zero-order chi connectivity index (χ0) is 9.84. The van der Waals surface area contributed by atoms with Crippen molar-refractivity contribution < 1.29 is 0 Å². The molecule has 0 radical (unpaired) electrons. The molecule has 0 fully saturated rings. The van der Waals surface area contributed by atoms with Gasteiger partial charge in [-0.25, -0.2) is 0 Å². The number of pyridine rings is 1. The minimum absolute atomic E-state index is 0.0659. The van der Waals surface area contributed by atoms with Crippen molar-refractivity contribution in [2.24, 2.45) is 5.73 Å². The summed E-state index contributed by atoms with van der Waals surface area (Å²) in [5.74, 6) is 0. The molecule has 0 aliphatic rings. The van der Waals surface area contributed by atoms with E-state index in [0.29, 0.717) is 0 Å². The molecule has 1 aromatic rings. The summed E-state index contributed by atoms with van der Waals surface area (Å²) in [4.78, 5) is 6.33. The van der Waals surface area contributed by atoms with Crippen LogP contribution in [0.5, 0.6) is 0 Å². The lowest BCUT2D eigenvalue weighted by Gasteiger charge is -2.13. The Morgan fingerprint density at radius 2 is 2.15 bits per heavy atom. The Hall–Kier alpha value is -1.09. The van der Waals surface area contributed by atoms with Crippen molar-refractivity contribution in [3.8, 4) is 0 Å². The van der Waals surface area contributed by atoms with Gasteiger partial charge in [-0.1, -0.05) is 6.92 Å². The summed E-state index contributed by atoms with van der Waals surface area (Å²) in [6.07, 6.45) is 2.78. The quantitative estimate of drug-likeness (QED) is 0.765. The van der Waals surface area contributed by atoms with Crippen LogP contribution in [0.1, 0.15) is 25.1 Å². The van der Waals surface area contributed by atoms with Crippen molar-refractivity contribution in [2.75, 3.05) is 19.0 Å². The predicted molar refractivity (Wildman–Crippen MR) is 55.8 cm³/mol. The van der Waals surface area contributed by atoms with Gasteiger partial charge in [0.15, 0.2) is 0 Å². The van der Waals surface area contributed by atoms with E-state index in [2.05, 4.69) is 11.9 Å². The highest BCUT2D eigenvalue weighted by molar-refractivity contribution is 5.42. The Morgan fingerprint density at radius 3 is 2.54 bits per heavy atom. The van der Waals surface area contributed by atoms with E-state index < -0.39 is 0 Å². The smallest absolute Gasteiger partial charge is 0.0572 e. The predicted octanol–water partition coefficient (Wildman–Crippen LogP) is 1.56. The van der Waals surface area contributed by atoms with E-state index in [1.54, 1.807) is 0 Å². The standard InChI is InChI=1S/C10H17N3/c1-4-9(11)10-6-5-8(7-12-10)13(2)3/h5-7,9H,4,11H2,1-3H3/t9-/m1/s1. The molecule has 1 aromatic heterocycles. The van der Waals surface area contributed by atoms with Crippen molar-refractivity contribution >= 4 is 5.69 Å². The lowest BCUT2D eigenvalue weighted by atomic mass is 10.1. The molecule has 2 N–H and O–H groups in total. The molecular weight excluding hydrogens is 162 g/mol. The first-order valence-electron chi connectivity index (χ1n) is 4.54. The molecule has 3 nitrogen and oxygen atoms in total. The first kappa shape index (κ1) is 9.99. The topological polar surface area (TPSA) is 42.1 Å². The third-order valence-corrected chi connectivity index (χ3v) is 2.11. The molecule has 0 unspecified atom stereocenters. The summed E-state index contributed by atoms with van der Waals surface area (Å²) < 4.78 is 0. The maximum atomic E-state index is 5.84. The monoisotopic (exact) mass is 179 g/mol. The normalized spacial score (nSPS) is 12.6. The molecule has 0 saturated heterocycles. The van der Waals surface area contributed by atoms with Gasteiger partial charge in [0.2, 0.25) is 0 Å². The lowest BCUT2D eigenvalue weighted by Crippen LogP contribution is -2.12. The van der Waals surface area contributed by atoms with Crippen LogP contribution in [0, 0.1) is 0 Å². The Kier molecular flexibility index (Phi) is 3.25. The van der Waals surface area contributed by atoms with E-state index in [0.717, 1.165) is 17.8 Å². The van der Waals surface area contributed by atoms with Crippen LogP contribution in [-0.2, 0) is 0 Å². The summed E-state index contributed by atoms with van der Waals surface area (Å²) in [6.45, 7) is 2.06. The SMILES string of the molecule is CC[C@@H](N)c1ccc(N(C)C)cn1. The lowest BCUT2D eigenvalue weighted by molar-refractivity contribution is 0.675. The minimum atomic E-state index is 0.0659. The van der Waals surface area contributed by atoms with Gasteiger partial charge in [-0.05, 0) is 18.6 Å². The Morgan fingerprint density at radius 1 is 1.46 bits per heavy atom. The molecule has 0 aromatic carbocycles. The third-order valence-electron chi connectivity index (χ3n) is 2.11. The number of rotatable bonds is 3. The van der Waals surface area contributed by atoms with Crippen LogP contribution in [0.4, 0.5) is 5.69 Å². The van der Waals surface area contributed by atoms with E-state index in [9.17, 15) is 0 Å². The second kappa shape index (κ2) is 4.23. The summed E-state index contributed by atoms with van der Waals surface area (Å²) >= 11 is 0. The van der Waals surface area contributed by atoms with Crippen molar-refractivity contribution in [1.82, 2.24) is 4.98 Å². The van der Waals surface area contributed by atoms with E-state index in [1.807, 2.05) is 37.3 Å². The van der Waals surface area contributed by atoms with Crippen LogP contribution in [0.2, 0.25) is 0 Å². The zero-order valence-corrected chi connectivity index (χ0v) is 8.49. The Labute approximate surface area is 79.6 Å². The number of nitrogens with zero attached hydrogens (tertiary/aromatic N) is 2.